The molecule has 0 aliphatic rings. The van der Waals surface area contributed by atoms with Crippen LogP contribution in [0.25, 0.3) is 0 Å². The van der Waals surface area contributed by atoms with E-state index in [2.05, 4.69) is 10.6 Å². The molecule has 0 saturated heterocycles. The summed E-state index contributed by atoms with van der Waals surface area (Å²) in [4.78, 5) is 23.6. The second-order valence-corrected chi connectivity index (χ2v) is 5.74. The molecule has 0 saturated carbocycles. The lowest BCUT2D eigenvalue weighted by Crippen LogP contribution is -2.47. The largest absolute Gasteiger partial charge is 0.444 e. The van der Waals surface area contributed by atoms with Gasteiger partial charge < -0.3 is 21.1 Å². The second kappa shape index (κ2) is 7.08. The van der Waals surface area contributed by atoms with Gasteiger partial charge in [-0.05, 0) is 45.4 Å². The fourth-order valence-corrected chi connectivity index (χ4v) is 1.59. The van der Waals surface area contributed by atoms with Crippen LogP contribution in [0, 0.1) is 0 Å². The fraction of sp³-hybridized carbons (Fsp3) is 0.467. The van der Waals surface area contributed by atoms with Crippen molar-refractivity contribution in [1.82, 2.24) is 10.6 Å². The quantitative estimate of drug-likeness (QED) is 0.737. The van der Waals surface area contributed by atoms with Gasteiger partial charge in [0.25, 0.3) is 5.91 Å². The van der Waals surface area contributed by atoms with E-state index in [-0.39, 0.29) is 5.91 Å². The smallest absolute Gasteiger partial charge is 0.409 e. The van der Waals surface area contributed by atoms with Crippen LogP contribution in [-0.2, 0) is 11.3 Å². The van der Waals surface area contributed by atoms with Crippen LogP contribution in [0.5, 0.6) is 0 Å². The number of carbonyl (C=O) groups is 2. The maximum atomic E-state index is 12.0. The first-order chi connectivity index (χ1) is 9.71. The monoisotopic (exact) mass is 293 g/mol. The lowest BCUT2D eigenvalue weighted by atomic mass is 10.1. The van der Waals surface area contributed by atoms with Gasteiger partial charge in [-0.15, -0.1) is 0 Å². The third-order valence-electron chi connectivity index (χ3n) is 2.53. The summed E-state index contributed by atoms with van der Waals surface area (Å²) in [7, 11) is 0. The maximum Gasteiger partial charge on any atom is 0.409 e. The normalized spacial score (nSPS) is 12.4. The second-order valence-electron chi connectivity index (χ2n) is 5.74. The van der Waals surface area contributed by atoms with Crippen molar-refractivity contribution < 1.29 is 14.3 Å². The molecule has 0 aliphatic carbocycles. The van der Waals surface area contributed by atoms with Crippen molar-refractivity contribution in [3.05, 3.63) is 35.4 Å². The standard InChI is InChI=1S/C15H23N3O3/c1-10(18-14(20)21-15(2,3)4)17-13(19)12-7-5-11(9-16)6-8-12/h5-8,10H,9,16H2,1-4H3,(H,17,19)(H,18,20). The highest BCUT2D eigenvalue weighted by molar-refractivity contribution is 5.94. The molecule has 1 atom stereocenters. The summed E-state index contributed by atoms with van der Waals surface area (Å²) in [5, 5.41) is 5.21. The number of hydrogen-bond acceptors (Lipinski definition) is 4. The van der Waals surface area contributed by atoms with Crippen molar-refractivity contribution in [1.29, 1.82) is 0 Å². The minimum Gasteiger partial charge on any atom is -0.444 e. The average molecular weight is 293 g/mol. The zero-order valence-electron chi connectivity index (χ0n) is 12.9. The van der Waals surface area contributed by atoms with E-state index in [0.717, 1.165) is 5.56 Å². The van der Waals surface area contributed by atoms with Gasteiger partial charge in [0.2, 0.25) is 0 Å². The number of ether oxygens (including phenoxy) is 1. The van der Waals surface area contributed by atoms with Crippen molar-refractivity contribution in [2.24, 2.45) is 5.73 Å². The Labute approximate surface area is 125 Å². The van der Waals surface area contributed by atoms with Gasteiger partial charge in [0.1, 0.15) is 11.8 Å². The Bertz CT molecular complexity index is 492. The zero-order chi connectivity index (χ0) is 16.0. The Morgan fingerprint density at radius 2 is 1.76 bits per heavy atom. The number of nitrogens with two attached hydrogens (primary N) is 1. The molecule has 1 aromatic rings. The lowest BCUT2D eigenvalue weighted by Gasteiger charge is -2.22. The molecule has 0 fully saturated rings. The highest BCUT2D eigenvalue weighted by Gasteiger charge is 2.18. The van der Waals surface area contributed by atoms with Gasteiger partial charge in [-0.25, -0.2) is 4.79 Å². The maximum absolute atomic E-state index is 12.0. The molecule has 116 valence electrons. The van der Waals surface area contributed by atoms with Gasteiger partial charge in [-0.2, -0.15) is 0 Å². The summed E-state index contributed by atoms with van der Waals surface area (Å²) in [5.74, 6) is -0.276. The molecular weight excluding hydrogens is 270 g/mol. The van der Waals surface area contributed by atoms with Gasteiger partial charge in [-0.3, -0.25) is 4.79 Å². The van der Waals surface area contributed by atoms with Crippen LogP contribution < -0.4 is 16.4 Å². The highest BCUT2D eigenvalue weighted by Crippen LogP contribution is 2.07. The van der Waals surface area contributed by atoms with Crippen LogP contribution >= 0.6 is 0 Å². The minimum absolute atomic E-state index is 0.276. The molecule has 1 rings (SSSR count). The van der Waals surface area contributed by atoms with Crippen molar-refractivity contribution in [2.45, 2.75) is 46.0 Å². The van der Waals surface area contributed by atoms with E-state index in [1.807, 2.05) is 0 Å². The molecule has 21 heavy (non-hydrogen) atoms. The number of hydrogen-bond donors (Lipinski definition) is 3. The number of amides is 2. The Kier molecular flexibility index (Phi) is 5.72. The van der Waals surface area contributed by atoms with E-state index in [4.69, 9.17) is 10.5 Å². The van der Waals surface area contributed by atoms with E-state index >= 15 is 0 Å². The number of alkyl carbamates (subject to hydrolysis) is 1. The van der Waals surface area contributed by atoms with Crippen LogP contribution in [0.4, 0.5) is 4.79 Å². The average Bonchev–Trinajstić information content (AvgIpc) is 2.36. The van der Waals surface area contributed by atoms with E-state index in [1.165, 1.54) is 0 Å². The SMILES string of the molecule is CC(NC(=O)OC(C)(C)C)NC(=O)c1ccc(CN)cc1. The van der Waals surface area contributed by atoms with Crippen LogP contribution in [0.2, 0.25) is 0 Å². The first-order valence-corrected chi connectivity index (χ1v) is 6.80. The Morgan fingerprint density at radius 1 is 1.19 bits per heavy atom. The van der Waals surface area contributed by atoms with Crippen LogP contribution in [0.15, 0.2) is 24.3 Å². The molecular formula is C15H23N3O3. The van der Waals surface area contributed by atoms with Crippen LogP contribution in [0.3, 0.4) is 0 Å². The zero-order valence-corrected chi connectivity index (χ0v) is 12.9. The topological polar surface area (TPSA) is 93.5 Å². The van der Waals surface area contributed by atoms with Gasteiger partial charge in [0, 0.05) is 12.1 Å². The van der Waals surface area contributed by atoms with E-state index in [0.29, 0.717) is 12.1 Å². The van der Waals surface area contributed by atoms with Crippen LogP contribution in [-0.4, -0.2) is 23.8 Å². The predicted molar refractivity (Wildman–Crippen MR) is 80.6 cm³/mol. The predicted octanol–water partition coefficient (Wildman–Crippen LogP) is 1.75. The van der Waals surface area contributed by atoms with Crippen molar-refractivity contribution in [3.8, 4) is 0 Å². The third kappa shape index (κ3) is 6.27. The van der Waals surface area contributed by atoms with E-state index in [9.17, 15) is 9.59 Å². The molecule has 6 nitrogen and oxygen atoms in total. The minimum atomic E-state index is -0.578. The Balaban J connectivity index is 2.51. The lowest BCUT2D eigenvalue weighted by molar-refractivity contribution is 0.0499. The molecule has 0 aromatic heterocycles. The first kappa shape index (κ1) is 17.0. The summed E-state index contributed by atoms with van der Waals surface area (Å²) in [5.41, 5.74) is 6.38. The molecule has 0 spiro atoms. The number of nitrogens with one attached hydrogen (secondary N) is 2. The van der Waals surface area contributed by atoms with Crippen molar-refractivity contribution in [3.63, 3.8) is 0 Å². The molecule has 0 aliphatic heterocycles. The van der Waals surface area contributed by atoms with Crippen LogP contribution in [0.1, 0.15) is 43.6 Å². The summed E-state index contributed by atoms with van der Waals surface area (Å²) >= 11 is 0. The van der Waals surface area contributed by atoms with Gasteiger partial charge in [0.05, 0.1) is 0 Å². The fourth-order valence-electron chi connectivity index (χ4n) is 1.59. The summed E-state index contributed by atoms with van der Waals surface area (Å²) in [6.07, 6.45) is -1.12. The molecule has 2 amide bonds. The number of benzene rings is 1. The third-order valence-corrected chi connectivity index (χ3v) is 2.53. The van der Waals surface area contributed by atoms with Crippen molar-refractivity contribution >= 4 is 12.0 Å². The van der Waals surface area contributed by atoms with Gasteiger partial charge in [-0.1, -0.05) is 12.1 Å². The number of carbonyl (C=O) groups excluding carboxylic acids is 2. The molecule has 0 bridgehead atoms. The van der Waals surface area contributed by atoms with Gasteiger partial charge in [0.15, 0.2) is 0 Å². The first-order valence-electron chi connectivity index (χ1n) is 6.80. The molecule has 6 heteroatoms. The van der Waals surface area contributed by atoms with E-state index < -0.39 is 17.9 Å². The molecule has 1 unspecified atom stereocenters. The highest BCUT2D eigenvalue weighted by atomic mass is 16.6. The molecule has 0 radical (unpaired) electrons. The molecule has 4 N–H and O–H groups in total. The summed E-state index contributed by atoms with van der Waals surface area (Å²) in [6, 6.07) is 6.97. The molecule has 0 heterocycles. The summed E-state index contributed by atoms with van der Waals surface area (Å²) in [6.45, 7) is 7.41. The van der Waals surface area contributed by atoms with Crippen molar-refractivity contribution in [2.75, 3.05) is 0 Å². The summed E-state index contributed by atoms with van der Waals surface area (Å²) < 4.78 is 5.11. The number of rotatable bonds is 4. The van der Waals surface area contributed by atoms with E-state index in [1.54, 1.807) is 52.0 Å². The Morgan fingerprint density at radius 3 is 2.24 bits per heavy atom. The molecule has 1 aromatic carbocycles. The van der Waals surface area contributed by atoms with Gasteiger partial charge >= 0.3 is 6.09 Å². The Hall–Kier alpha value is -2.08.